The van der Waals surface area contributed by atoms with E-state index in [0.29, 0.717) is 5.41 Å². The molecule has 0 spiro atoms. The number of hydrogen-bond donors (Lipinski definition) is 3. The molecule has 0 unspecified atom stereocenters. The zero-order valence-electron chi connectivity index (χ0n) is 11.0. The second-order valence-corrected chi connectivity index (χ2v) is 5.77. The van der Waals surface area contributed by atoms with Crippen molar-refractivity contribution in [1.82, 2.24) is 10.2 Å². The lowest BCUT2D eigenvalue weighted by molar-refractivity contribution is 0.380. The van der Waals surface area contributed by atoms with Gasteiger partial charge in [-0.05, 0) is 36.3 Å². The molecule has 18 heavy (non-hydrogen) atoms. The van der Waals surface area contributed by atoms with Crippen LogP contribution in [0.25, 0.3) is 10.9 Å². The Hall–Kier alpha value is -1.71. The van der Waals surface area contributed by atoms with Crippen molar-refractivity contribution in [2.45, 2.75) is 26.7 Å². The minimum absolute atomic E-state index is 0.482. The normalized spacial score (nSPS) is 17.3. The number of aromatic amines is 1. The Bertz CT molecular complexity index is 566. The lowest BCUT2D eigenvalue weighted by Crippen LogP contribution is -2.21. The van der Waals surface area contributed by atoms with Gasteiger partial charge in [0.15, 0.2) is 0 Å². The van der Waals surface area contributed by atoms with Crippen LogP contribution in [0.15, 0.2) is 18.3 Å². The summed E-state index contributed by atoms with van der Waals surface area (Å²) in [6.45, 7) is 5.61. The minimum atomic E-state index is 0.482. The number of nitrogen functional groups attached to an aromatic ring is 1. The first-order valence-electron chi connectivity index (χ1n) is 6.57. The van der Waals surface area contributed by atoms with Crippen LogP contribution < -0.4 is 11.1 Å². The SMILES string of the molecule is CC(C)C1(CNc2cc3[nH]ncc3cc2N)CC1. The van der Waals surface area contributed by atoms with Crippen LogP contribution in [0, 0.1) is 11.3 Å². The molecule has 0 bridgehead atoms. The number of rotatable bonds is 4. The lowest BCUT2D eigenvalue weighted by atomic mass is 9.92. The standard InChI is InChI=1S/C14H20N4/c1-9(2)14(3-4-14)8-16-13-6-12-10(5-11(13)15)7-17-18-12/h5-7,9,16H,3-4,8,15H2,1-2H3,(H,17,18). The van der Waals surface area contributed by atoms with Crippen molar-refractivity contribution in [3.63, 3.8) is 0 Å². The number of anilines is 2. The zero-order chi connectivity index (χ0) is 12.8. The number of hydrogen-bond acceptors (Lipinski definition) is 3. The highest BCUT2D eigenvalue weighted by molar-refractivity contribution is 5.88. The number of nitrogens with two attached hydrogens (primary N) is 1. The van der Waals surface area contributed by atoms with Crippen LogP contribution in [0.5, 0.6) is 0 Å². The molecule has 0 saturated heterocycles. The molecule has 1 aliphatic carbocycles. The first-order valence-corrected chi connectivity index (χ1v) is 6.57. The van der Waals surface area contributed by atoms with Crippen LogP contribution in [0.2, 0.25) is 0 Å². The van der Waals surface area contributed by atoms with Gasteiger partial charge in [-0.15, -0.1) is 0 Å². The molecule has 96 valence electrons. The van der Waals surface area contributed by atoms with Crippen molar-refractivity contribution in [3.8, 4) is 0 Å². The van der Waals surface area contributed by atoms with Crippen LogP contribution >= 0.6 is 0 Å². The number of nitrogens with one attached hydrogen (secondary N) is 2. The van der Waals surface area contributed by atoms with Gasteiger partial charge in [0.05, 0.1) is 23.1 Å². The highest BCUT2D eigenvalue weighted by Crippen LogP contribution is 2.51. The van der Waals surface area contributed by atoms with Crippen molar-refractivity contribution in [2.75, 3.05) is 17.6 Å². The van der Waals surface area contributed by atoms with Crippen molar-refractivity contribution in [1.29, 1.82) is 0 Å². The van der Waals surface area contributed by atoms with Gasteiger partial charge >= 0.3 is 0 Å². The maximum absolute atomic E-state index is 6.07. The number of benzene rings is 1. The van der Waals surface area contributed by atoms with Gasteiger partial charge in [0.2, 0.25) is 0 Å². The zero-order valence-corrected chi connectivity index (χ0v) is 11.0. The largest absolute Gasteiger partial charge is 0.397 e. The quantitative estimate of drug-likeness (QED) is 0.724. The molecule has 3 rings (SSSR count). The maximum Gasteiger partial charge on any atom is 0.0672 e. The lowest BCUT2D eigenvalue weighted by Gasteiger charge is -2.21. The van der Waals surface area contributed by atoms with Crippen molar-refractivity contribution in [3.05, 3.63) is 18.3 Å². The Morgan fingerprint density at radius 3 is 2.89 bits per heavy atom. The summed E-state index contributed by atoms with van der Waals surface area (Å²) in [5.41, 5.74) is 9.39. The van der Waals surface area contributed by atoms with Crippen LogP contribution in [0.1, 0.15) is 26.7 Å². The summed E-state index contributed by atoms with van der Waals surface area (Å²) in [6, 6.07) is 4.02. The van der Waals surface area contributed by atoms with E-state index in [0.717, 1.165) is 34.7 Å². The molecule has 2 aromatic rings. The molecule has 1 fully saturated rings. The summed E-state index contributed by atoms with van der Waals surface area (Å²) < 4.78 is 0. The van der Waals surface area contributed by atoms with E-state index < -0.39 is 0 Å². The summed E-state index contributed by atoms with van der Waals surface area (Å²) in [7, 11) is 0. The molecule has 1 aromatic heterocycles. The third-order valence-electron chi connectivity index (χ3n) is 4.36. The van der Waals surface area contributed by atoms with E-state index in [9.17, 15) is 0 Å². The molecule has 4 N–H and O–H groups in total. The second kappa shape index (κ2) is 3.90. The Kier molecular flexibility index (Phi) is 2.47. The topological polar surface area (TPSA) is 66.7 Å². The molecule has 0 atom stereocenters. The van der Waals surface area contributed by atoms with Crippen molar-refractivity contribution in [2.24, 2.45) is 11.3 Å². The highest BCUT2D eigenvalue weighted by atomic mass is 15.1. The third kappa shape index (κ3) is 1.82. The number of H-pyrrole nitrogens is 1. The van der Waals surface area contributed by atoms with E-state index >= 15 is 0 Å². The Morgan fingerprint density at radius 1 is 1.44 bits per heavy atom. The molecule has 1 aliphatic rings. The van der Waals surface area contributed by atoms with Gasteiger partial charge in [0, 0.05) is 11.9 Å². The number of nitrogens with zero attached hydrogens (tertiary/aromatic N) is 1. The highest BCUT2D eigenvalue weighted by Gasteiger charge is 2.44. The smallest absolute Gasteiger partial charge is 0.0672 e. The molecule has 4 nitrogen and oxygen atoms in total. The van der Waals surface area contributed by atoms with Crippen LogP contribution in [0.4, 0.5) is 11.4 Å². The molecule has 4 heteroatoms. The minimum Gasteiger partial charge on any atom is -0.397 e. The summed E-state index contributed by atoms with van der Waals surface area (Å²) in [6.07, 6.45) is 4.44. The Morgan fingerprint density at radius 2 is 2.22 bits per heavy atom. The fraction of sp³-hybridized carbons (Fsp3) is 0.500. The van der Waals surface area contributed by atoms with Gasteiger partial charge in [-0.3, -0.25) is 5.10 Å². The fourth-order valence-corrected chi connectivity index (χ4v) is 2.55. The van der Waals surface area contributed by atoms with Crippen LogP contribution in [-0.2, 0) is 0 Å². The predicted molar refractivity (Wildman–Crippen MR) is 75.5 cm³/mol. The second-order valence-electron chi connectivity index (χ2n) is 5.77. The molecular formula is C14H20N4. The van der Waals surface area contributed by atoms with Crippen LogP contribution in [-0.4, -0.2) is 16.7 Å². The molecule has 1 heterocycles. The van der Waals surface area contributed by atoms with Gasteiger partial charge in [0.1, 0.15) is 0 Å². The molecule has 1 aromatic carbocycles. The predicted octanol–water partition coefficient (Wildman–Crippen LogP) is 2.99. The van der Waals surface area contributed by atoms with Gasteiger partial charge in [-0.25, -0.2) is 0 Å². The average molecular weight is 244 g/mol. The van der Waals surface area contributed by atoms with E-state index in [1.807, 2.05) is 12.1 Å². The van der Waals surface area contributed by atoms with Gasteiger partial charge in [-0.1, -0.05) is 13.8 Å². The van der Waals surface area contributed by atoms with E-state index in [-0.39, 0.29) is 0 Å². The van der Waals surface area contributed by atoms with Crippen molar-refractivity contribution >= 4 is 22.3 Å². The summed E-state index contributed by atoms with van der Waals surface area (Å²) in [4.78, 5) is 0. The summed E-state index contributed by atoms with van der Waals surface area (Å²) >= 11 is 0. The Balaban J connectivity index is 1.80. The molecule has 0 radical (unpaired) electrons. The molecular weight excluding hydrogens is 224 g/mol. The molecule has 0 amide bonds. The van der Waals surface area contributed by atoms with Gasteiger partial charge in [-0.2, -0.15) is 5.10 Å². The molecule has 0 aliphatic heterocycles. The maximum atomic E-state index is 6.07. The summed E-state index contributed by atoms with van der Waals surface area (Å²) in [5, 5.41) is 11.6. The third-order valence-corrected chi connectivity index (χ3v) is 4.36. The number of aromatic nitrogens is 2. The first kappa shape index (κ1) is 11.4. The monoisotopic (exact) mass is 244 g/mol. The number of fused-ring (bicyclic) bond motifs is 1. The van der Waals surface area contributed by atoms with E-state index in [4.69, 9.17) is 5.73 Å². The van der Waals surface area contributed by atoms with Gasteiger partial charge in [0.25, 0.3) is 0 Å². The fourth-order valence-electron chi connectivity index (χ4n) is 2.55. The van der Waals surface area contributed by atoms with Gasteiger partial charge < -0.3 is 11.1 Å². The van der Waals surface area contributed by atoms with Crippen LogP contribution in [0.3, 0.4) is 0 Å². The van der Waals surface area contributed by atoms with Crippen molar-refractivity contribution < 1.29 is 0 Å². The average Bonchev–Trinajstić information content (AvgIpc) is 3.00. The molecule has 1 saturated carbocycles. The first-order chi connectivity index (χ1) is 8.61. The summed E-state index contributed by atoms with van der Waals surface area (Å²) in [5.74, 6) is 0.724. The van der Waals surface area contributed by atoms with E-state index in [2.05, 4.69) is 29.4 Å². The Labute approximate surface area is 107 Å². The van der Waals surface area contributed by atoms with E-state index in [1.54, 1.807) is 6.20 Å². The van der Waals surface area contributed by atoms with E-state index in [1.165, 1.54) is 12.8 Å².